The van der Waals surface area contributed by atoms with Crippen molar-refractivity contribution >= 4 is 44.7 Å². The van der Waals surface area contributed by atoms with Gasteiger partial charge in [-0.25, -0.2) is 22.8 Å². The highest BCUT2D eigenvalue weighted by Crippen LogP contribution is 2.46. The number of amides is 4. The molecule has 270 valence electrons. The van der Waals surface area contributed by atoms with Gasteiger partial charge >= 0.3 is 0 Å². The van der Waals surface area contributed by atoms with Crippen LogP contribution in [0.4, 0.5) is 4.39 Å². The van der Waals surface area contributed by atoms with E-state index in [0.29, 0.717) is 36.9 Å². The zero-order chi connectivity index (χ0) is 35.9. The van der Waals surface area contributed by atoms with Gasteiger partial charge in [0.15, 0.2) is 11.5 Å². The first kappa shape index (κ1) is 34.5. The van der Waals surface area contributed by atoms with E-state index in [2.05, 4.69) is 30.5 Å². The second kappa shape index (κ2) is 13.7. The van der Waals surface area contributed by atoms with Gasteiger partial charge in [0, 0.05) is 18.4 Å². The summed E-state index contributed by atoms with van der Waals surface area (Å²) >= 11 is 0. The molecule has 1 aromatic carbocycles. The summed E-state index contributed by atoms with van der Waals surface area (Å²) < 4.78 is 53.3. The number of ether oxygens (including phenoxy) is 1. The quantitative estimate of drug-likeness (QED) is 0.302. The normalized spacial score (nSPS) is 27.1. The number of nitrogens with one attached hydrogen (secondary N) is 3. The highest BCUT2D eigenvalue weighted by Gasteiger charge is 2.62. The fourth-order valence-corrected chi connectivity index (χ4v) is 8.16. The molecule has 4 heterocycles. The first-order valence-electron chi connectivity index (χ1n) is 17.1. The average Bonchev–Trinajstić information content (AvgIpc) is 3.95. The third-order valence-electron chi connectivity index (χ3n) is 9.87. The van der Waals surface area contributed by atoms with Gasteiger partial charge in [0.25, 0.3) is 11.8 Å². The van der Waals surface area contributed by atoms with Crippen molar-refractivity contribution in [2.24, 2.45) is 5.92 Å². The number of rotatable bonds is 7. The molecular weight excluding hydrogens is 685 g/mol. The SMILES string of the molecule is Cc1nc2cccc(F)c2nc1O[C@@H]1C[C@H]2C(=O)N[C@]3(C(=O)NS(=O)(=O)C4CC4)C[C@H]3C=CCCCCC[C@H](NC(=O)c3ccon3)C(=O)N2C1. The highest BCUT2D eigenvalue weighted by molar-refractivity contribution is 7.91. The number of nitrogens with zero attached hydrogens (tertiary/aromatic N) is 4. The van der Waals surface area contributed by atoms with Crippen LogP contribution >= 0.6 is 0 Å². The Labute approximate surface area is 292 Å². The molecular formula is C34H38FN7O8S. The molecule has 5 atom stereocenters. The number of aryl methyl sites for hydroxylation is 1. The van der Waals surface area contributed by atoms with Crippen LogP contribution in [0.3, 0.4) is 0 Å². The zero-order valence-electron chi connectivity index (χ0n) is 27.8. The monoisotopic (exact) mass is 723 g/mol. The predicted molar refractivity (Wildman–Crippen MR) is 178 cm³/mol. The molecule has 17 heteroatoms. The van der Waals surface area contributed by atoms with Crippen LogP contribution in [0.25, 0.3) is 11.0 Å². The van der Waals surface area contributed by atoms with Gasteiger partial charge < -0.3 is 24.8 Å². The molecule has 4 amide bonds. The van der Waals surface area contributed by atoms with Gasteiger partial charge in [0.05, 0.1) is 17.3 Å². The van der Waals surface area contributed by atoms with Crippen LogP contribution in [0.15, 0.2) is 47.2 Å². The Morgan fingerprint density at radius 3 is 2.71 bits per heavy atom. The van der Waals surface area contributed by atoms with Gasteiger partial charge in [-0.2, -0.15) is 0 Å². The van der Waals surface area contributed by atoms with Crippen LogP contribution in [-0.2, 0) is 24.4 Å². The van der Waals surface area contributed by atoms with E-state index in [-0.39, 0.29) is 42.9 Å². The number of hydrogen-bond donors (Lipinski definition) is 3. The third-order valence-corrected chi connectivity index (χ3v) is 11.7. The van der Waals surface area contributed by atoms with Crippen molar-refractivity contribution in [2.45, 2.75) is 93.7 Å². The van der Waals surface area contributed by atoms with Crippen molar-refractivity contribution < 1.29 is 41.2 Å². The number of fused-ring (bicyclic) bond motifs is 3. The number of sulfonamides is 1. The maximum atomic E-state index is 14.6. The van der Waals surface area contributed by atoms with Crippen LogP contribution in [0.5, 0.6) is 5.88 Å². The minimum absolute atomic E-state index is 0.00247. The van der Waals surface area contributed by atoms with Gasteiger partial charge in [0.2, 0.25) is 27.7 Å². The van der Waals surface area contributed by atoms with Crippen molar-refractivity contribution in [1.82, 2.24) is 35.4 Å². The molecule has 3 fully saturated rings. The summed E-state index contributed by atoms with van der Waals surface area (Å²) in [5.74, 6) is -3.73. The molecule has 3 N–H and O–H groups in total. The Morgan fingerprint density at radius 2 is 1.94 bits per heavy atom. The summed E-state index contributed by atoms with van der Waals surface area (Å²) in [4.78, 5) is 65.3. The summed E-state index contributed by atoms with van der Waals surface area (Å²) in [6, 6.07) is 3.53. The number of benzene rings is 1. The van der Waals surface area contributed by atoms with E-state index in [1.165, 1.54) is 29.4 Å². The van der Waals surface area contributed by atoms with E-state index >= 15 is 0 Å². The molecule has 51 heavy (non-hydrogen) atoms. The van der Waals surface area contributed by atoms with Crippen molar-refractivity contribution in [3.63, 3.8) is 0 Å². The molecule has 0 radical (unpaired) electrons. The van der Waals surface area contributed by atoms with E-state index in [9.17, 15) is 32.0 Å². The smallest absolute Gasteiger partial charge is 0.274 e. The van der Waals surface area contributed by atoms with Crippen molar-refractivity contribution in [3.05, 3.63) is 59.9 Å². The first-order chi connectivity index (χ1) is 24.4. The Bertz CT molecular complexity index is 2000. The second-order valence-electron chi connectivity index (χ2n) is 13.6. The Morgan fingerprint density at radius 1 is 1.12 bits per heavy atom. The van der Waals surface area contributed by atoms with E-state index in [0.717, 1.165) is 12.8 Å². The summed E-state index contributed by atoms with van der Waals surface area (Å²) in [5, 5.41) is 8.57. The molecule has 0 spiro atoms. The average molecular weight is 724 g/mol. The lowest BCUT2D eigenvalue weighted by molar-refractivity contribution is -0.141. The van der Waals surface area contributed by atoms with Crippen LogP contribution in [0.2, 0.25) is 0 Å². The molecule has 0 unspecified atom stereocenters. The van der Waals surface area contributed by atoms with Crippen LogP contribution in [0.1, 0.15) is 74.0 Å². The summed E-state index contributed by atoms with van der Waals surface area (Å²) in [7, 11) is -3.91. The number of allylic oxidation sites excluding steroid dienone is 1. The van der Waals surface area contributed by atoms with E-state index < -0.39 is 74.4 Å². The van der Waals surface area contributed by atoms with Gasteiger partial charge in [-0.1, -0.05) is 36.2 Å². The lowest BCUT2D eigenvalue weighted by Crippen LogP contribution is -2.58. The Kier molecular flexibility index (Phi) is 9.24. The highest BCUT2D eigenvalue weighted by atomic mass is 32.2. The van der Waals surface area contributed by atoms with Gasteiger partial charge in [-0.05, 0) is 57.6 Å². The fourth-order valence-electron chi connectivity index (χ4n) is 6.79. The molecule has 7 rings (SSSR count). The summed E-state index contributed by atoms with van der Waals surface area (Å²) in [6.07, 6.45) is 8.21. The zero-order valence-corrected chi connectivity index (χ0v) is 28.7. The molecule has 2 aliphatic heterocycles. The minimum Gasteiger partial charge on any atom is -0.471 e. The lowest BCUT2D eigenvalue weighted by atomic mass is 10.0. The van der Waals surface area contributed by atoms with E-state index in [1.807, 2.05) is 12.2 Å². The largest absolute Gasteiger partial charge is 0.471 e. The number of para-hydroxylation sites is 1. The van der Waals surface area contributed by atoms with Crippen LogP contribution < -0.4 is 20.1 Å². The molecule has 2 aromatic heterocycles. The molecule has 0 bridgehead atoms. The minimum atomic E-state index is -3.91. The maximum Gasteiger partial charge on any atom is 0.274 e. The number of aromatic nitrogens is 3. The van der Waals surface area contributed by atoms with Crippen molar-refractivity contribution in [3.8, 4) is 5.88 Å². The summed E-state index contributed by atoms with van der Waals surface area (Å²) in [6.45, 7) is 1.54. The molecule has 3 aromatic rings. The number of carbonyl (C=O) groups is 4. The maximum absolute atomic E-state index is 14.6. The van der Waals surface area contributed by atoms with Crippen LogP contribution in [0, 0.1) is 18.7 Å². The number of hydrogen-bond acceptors (Lipinski definition) is 11. The molecule has 2 aliphatic carbocycles. The third kappa shape index (κ3) is 7.16. The lowest BCUT2D eigenvalue weighted by Gasteiger charge is -2.29. The Hall–Kier alpha value is -4.93. The second-order valence-corrected chi connectivity index (χ2v) is 15.6. The topological polar surface area (TPSA) is 203 Å². The van der Waals surface area contributed by atoms with Gasteiger partial charge in [-0.3, -0.25) is 23.9 Å². The van der Waals surface area contributed by atoms with Crippen molar-refractivity contribution in [2.75, 3.05) is 6.54 Å². The fraction of sp³-hybridized carbons (Fsp3) is 0.500. The molecule has 4 aliphatic rings. The van der Waals surface area contributed by atoms with Crippen LogP contribution in [-0.4, -0.2) is 87.6 Å². The molecule has 15 nitrogen and oxygen atoms in total. The van der Waals surface area contributed by atoms with E-state index in [4.69, 9.17) is 9.26 Å². The van der Waals surface area contributed by atoms with Crippen molar-refractivity contribution in [1.29, 1.82) is 0 Å². The predicted octanol–water partition coefficient (Wildman–Crippen LogP) is 2.22. The van der Waals surface area contributed by atoms with E-state index in [1.54, 1.807) is 13.0 Å². The van der Waals surface area contributed by atoms with Gasteiger partial charge in [-0.15, -0.1) is 0 Å². The standard InChI is InChI=1S/C34H38FN7O8S/c1-19-31(38-28-23(35)9-7-11-24(28)36-19)50-21-16-27-30(44)39-34(33(46)41-51(47,48)22-12-13-22)17-20(34)8-5-3-2-4-6-10-26(32(45)42(27)18-21)37-29(43)25-14-15-49-40-25/h5,7-9,11,14-15,20-22,26-27H,2-4,6,10,12-13,16-18H2,1H3,(H,37,43)(H,39,44)(H,41,46)/t20-,21-,26+,27+,34-/m1/s1. The number of carbonyl (C=O) groups excluding carboxylic acids is 4. The first-order valence-corrected chi connectivity index (χ1v) is 18.7. The summed E-state index contributed by atoms with van der Waals surface area (Å²) in [5.41, 5.74) is -0.864. The molecule has 2 saturated carbocycles. The van der Waals surface area contributed by atoms with Gasteiger partial charge in [0.1, 0.15) is 41.2 Å². The molecule has 1 saturated heterocycles. The number of halogens is 1. The Balaban J connectivity index is 1.20.